The summed E-state index contributed by atoms with van der Waals surface area (Å²) in [4.78, 5) is 0. The minimum Gasteiger partial charge on any atom is -0.391 e. The van der Waals surface area contributed by atoms with Crippen molar-refractivity contribution in [2.45, 2.75) is 71.9 Å². The summed E-state index contributed by atoms with van der Waals surface area (Å²) in [5.74, 6) is 0. The summed E-state index contributed by atoms with van der Waals surface area (Å²) in [5.41, 5.74) is 0. The molecular weight excluding hydrogens is 300 g/mol. The molecule has 0 radical (unpaired) electrons. The van der Waals surface area contributed by atoms with E-state index in [1.165, 1.54) is 0 Å². The fourth-order valence-electron chi connectivity index (χ4n) is 1.43. The molecule has 0 aromatic rings. The zero-order valence-corrected chi connectivity index (χ0v) is 15.8. The molecule has 0 heterocycles. The summed E-state index contributed by atoms with van der Waals surface area (Å²) in [6.07, 6.45) is 1.62. The van der Waals surface area contributed by atoms with E-state index in [-0.39, 0.29) is 18.3 Å². The van der Waals surface area contributed by atoms with Crippen LogP contribution in [0.2, 0.25) is 0 Å². The summed E-state index contributed by atoms with van der Waals surface area (Å²) in [7, 11) is 1.63. The van der Waals surface area contributed by atoms with E-state index in [1.807, 2.05) is 13.8 Å². The molecule has 0 spiro atoms. The maximum atomic E-state index is 8.95. The molecule has 6 nitrogen and oxygen atoms in total. The maximum Gasteiger partial charge on any atom is 0.0781 e. The van der Waals surface area contributed by atoms with Gasteiger partial charge in [0.05, 0.1) is 50.8 Å². The molecule has 0 rings (SSSR count). The second-order valence-corrected chi connectivity index (χ2v) is 5.87. The van der Waals surface area contributed by atoms with Crippen LogP contribution in [0.5, 0.6) is 0 Å². The Morgan fingerprint density at radius 2 is 1.26 bits per heavy atom. The van der Waals surface area contributed by atoms with E-state index in [0.29, 0.717) is 26.4 Å². The Balaban J connectivity index is 0. The van der Waals surface area contributed by atoms with Crippen LogP contribution in [0.3, 0.4) is 0 Å². The largest absolute Gasteiger partial charge is 0.391 e. The first-order chi connectivity index (χ1) is 10.8. The van der Waals surface area contributed by atoms with Crippen LogP contribution >= 0.6 is 0 Å². The van der Waals surface area contributed by atoms with Crippen LogP contribution in [-0.2, 0) is 18.9 Å². The summed E-state index contributed by atoms with van der Waals surface area (Å²) < 4.78 is 20.7. The highest BCUT2D eigenvalue weighted by Gasteiger charge is 2.04. The number of methoxy groups -OCH3 is 1. The van der Waals surface area contributed by atoms with Gasteiger partial charge in [0.25, 0.3) is 0 Å². The van der Waals surface area contributed by atoms with Gasteiger partial charge in [-0.05, 0) is 34.1 Å². The lowest BCUT2D eigenvalue weighted by Gasteiger charge is -2.14. The molecule has 6 heteroatoms. The quantitative estimate of drug-likeness (QED) is 0.500. The minimum atomic E-state index is -0.391. The van der Waals surface area contributed by atoms with Crippen molar-refractivity contribution >= 4 is 0 Å². The molecular formula is C17H38O6. The van der Waals surface area contributed by atoms with Crippen molar-refractivity contribution in [1.29, 1.82) is 0 Å². The van der Waals surface area contributed by atoms with E-state index in [1.54, 1.807) is 21.0 Å². The highest BCUT2D eigenvalue weighted by atomic mass is 16.5. The average Bonchev–Trinajstić information content (AvgIpc) is 2.48. The predicted molar refractivity (Wildman–Crippen MR) is 91.8 cm³/mol. The molecule has 0 amide bonds. The van der Waals surface area contributed by atoms with Gasteiger partial charge in [-0.2, -0.15) is 0 Å². The Hall–Kier alpha value is -0.240. The summed E-state index contributed by atoms with van der Waals surface area (Å²) in [5, 5.41) is 17.7. The van der Waals surface area contributed by atoms with Crippen molar-refractivity contribution in [3.05, 3.63) is 0 Å². The molecule has 0 saturated heterocycles. The second-order valence-electron chi connectivity index (χ2n) is 5.87. The molecule has 0 saturated carbocycles. The topological polar surface area (TPSA) is 77.4 Å². The third-order valence-electron chi connectivity index (χ3n) is 2.64. The number of aliphatic hydroxyl groups is 2. The minimum absolute atomic E-state index is 0.0691. The number of hydrogen-bond donors (Lipinski definition) is 2. The molecule has 0 aliphatic rings. The Morgan fingerprint density at radius 3 is 1.65 bits per heavy atom. The van der Waals surface area contributed by atoms with Gasteiger partial charge in [-0.1, -0.05) is 13.3 Å². The van der Waals surface area contributed by atoms with Crippen molar-refractivity contribution in [3.8, 4) is 0 Å². The van der Waals surface area contributed by atoms with E-state index in [9.17, 15) is 0 Å². The van der Waals surface area contributed by atoms with Gasteiger partial charge in [-0.25, -0.2) is 0 Å². The first-order valence-electron chi connectivity index (χ1n) is 8.49. The van der Waals surface area contributed by atoms with E-state index in [4.69, 9.17) is 29.2 Å². The smallest absolute Gasteiger partial charge is 0.0781 e. The molecule has 23 heavy (non-hydrogen) atoms. The van der Waals surface area contributed by atoms with E-state index in [2.05, 4.69) is 6.92 Å². The Morgan fingerprint density at radius 1 is 0.783 bits per heavy atom. The monoisotopic (exact) mass is 338 g/mol. The summed E-state index contributed by atoms with van der Waals surface area (Å²) in [6, 6.07) is 0. The van der Waals surface area contributed by atoms with Crippen molar-refractivity contribution in [2.75, 3.05) is 40.1 Å². The van der Waals surface area contributed by atoms with Gasteiger partial charge in [0.2, 0.25) is 0 Å². The lowest BCUT2D eigenvalue weighted by atomic mass is 10.3. The van der Waals surface area contributed by atoms with Crippen molar-refractivity contribution in [1.82, 2.24) is 0 Å². The highest BCUT2D eigenvalue weighted by molar-refractivity contribution is 4.50. The first kappa shape index (κ1) is 25.0. The van der Waals surface area contributed by atoms with E-state index < -0.39 is 6.10 Å². The van der Waals surface area contributed by atoms with Crippen LogP contribution in [0.15, 0.2) is 0 Å². The Kier molecular flexibility index (Phi) is 19.7. The Bertz CT molecular complexity index is 223. The zero-order valence-electron chi connectivity index (χ0n) is 15.8. The Labute approximate surface area is 142 Å². The van der Waals surface area contributed by atoms with Gasteiger partial charge in [0, 0.05) is 13.7 Å². The van der Waals surface area contributed by atoms with E-state index >= 15 is 0 Å². The summed E-state index contributed by atoms with van der Waals surface area (Å²) >= 11 is 0. The van der Waals surface area contributed by atoms with Gasteiger partial charge in [0.1, 0.15) is 0 Å². The summed E-state index contributed by atoms with van der Waals surface area (Å²) in [6.45, 7) is 12.2. The third kappa shape index (κ3) is 24.1. The molecule has 0 aromatic carbocycles. The molecule has 0 aromatic heterocycles. The molecule has 0 aliphatic carbocycles. The molecule has 0 fully saturated rings. The van der Waals surface area contributed by atoms with Crippen LogP contribution in [0.1, 0.15) is 47.5 Å². The van der Waals surface area contributed by atoms with Crippen LogP contribution in [0.25, 0.3) is 0 Å². The lowest BCUT2D eigenvalue weighted by Crippen LogP contribution is -2.21. The zero-order chi connectivity index (χ0) is 18.1. The van der Waals surface area contributed by atoms with Crippen molar-refractivity contribution < 1.29 is 29.2 Å². The fraction of sp³-hybridized carbons (Fsp3) is 1.00. The number of rotatable bonds is 13. The normalized spacial score (nSPS) is 16.2. The number of unbranched alkanes of at least 4 members (excludes halogenated alkanes) is 1. The third-order valence-corrected chi connectivity index (χ3v) is 2.64. The van der Waals surface area contributed by atoms with Gasteiger partial charge >= 0.3 is 0 Å². The molecule has 4 unspecified atom stereocenters. The maximum absolute atomic E-state index is 8.95. The lowest BCUT2D eigenvalue weighted by molar-refractivity contribution is -0.0367. The standard InChI is InChI=1S/C10H22O3.C7H16O3/c1-4-5-6-12-8-10(3)13-7-9(2)11;1-6(8)4-10-7(2)5-9-3/h9-11H,4-8H2,1-3H3;6-8H,4-5H2,1-3H3. The van der Waals surface area contributed by atoms with Crippen LogP contribution in [0.4, 0.5) is 0 Å². The molecule has 0 bridgehead atoms. The van der Waals surface area contributed by atoms with Crippen LogP contribution in [-0.4, -0.2) is 74.8 Å². The average molecular weight is 338 g/mol. The fourth-order valence-corrected chi connectivity index (χ4v) is 1.43. The highest BCUT2D eigenvalue weighted by Crippen LogP contribution is 1.96. The van der Waals surface area contributed by atoms with Crippen molar-refractivity contribution in [2.24, 2.45) is 0 Å². The molecule has 0 aliphatic heterocycles. The van der Waals surface area contributed by atoms with Gasteiger partial charge in [-0.3, -0.25) is 0 Å². The number of ether oxygens (including phenoxy) is 4. The van der Waals surface area contributed by atoms with Crippen molar-refractivity contribution in [3.63, 3.8) is 0 Å². The number of hydrogen-bond acceptors (Lipinski definition) is 6. The number of aliphatic hydroxyl groups excluding tert-OH is 2. The predicted octanol–water partition coefficient (Wildman–Crippen LogP) is 2.01. The SMILES string of the molecule is CCCCOCC(C)OCC(C)O.COCC(C)OCC(C)O. The van der Waals surface area contributed by atoms with Gasteiger partial charge in [0.15, 0.2) is 0 Å². The first-order valence-corrected chi connectivity index (χ1v) is 8.49. The van der Waals surface area contributed by atoms with Gasteiger partial charge < -0.3 is 29.2 Å². The molecule has 142 valence electrons. The van der Waals surface area contributed by atoms with Crippen LogP contribution < -0.4 is 0 Å². The molecule has 2 N–H and O–H groups in total. The van der Waals surface area contributed by atoms with Crippen LogP contribution in [0, 0.1) is 0 Å². The second kappa shape index (κ2) is 18.1. The molecule has 4 atom stereocenters. The van der Waals surface area contributed by atoms with E-state index in [0.717, 1.165) is 19.4 Å². The van der Waals surface area contributed by atoms with Gasteiger partial charge in [-0.15, -0.1) is 0 Å².